The maximum atomic E-state index is 13.7. The fraction of sp³-hybridized carbons (Fsp3) is 0.161. The molecule has 5 rings (SSSR count). The number of amidine groups is 1. The first kappa shape index (κ1) is 24.7. The second-order valence-electron chi connectivity index (χ2n) is 8.69. The van der Waals surface area contributed by atoms with E-state index in [2.05, 4.69) is 42.7 Å². The van der Waals surface area contributed by atoms with Gasteiger partial charge in [-0.2, -0.15) is 0 Å². The van der Waals surface area contributed by atoms with E-state index in [1.54, 1.807) is 12.0 Å². The Morgan fingerprint density at radius 1 is 0.838 bits per heavy atom. The quantitative estimate of drug-likeness (QED) is 0.245. The van der Waals surface area contributed by atoms with Gasteiger partial charge < -0.3 is 9.30 Å². The smallest absolute Gasteiger partial charge is 0.271 e. The average Bonchev–Trinajstić information content (AvgIpc) is 3.53. The molecule has 37 heavy (non-hydrogen) atoms. The fourth-order valence-electron chi connectivity index (χ4n) is 4.20. The second kappa shape index (κ2) is 10.9. The highest BCUT2D eigenvalue weighted by Crippen LogP contribution is 2.38. The van der Waals surface area contributed by atoms with Gasteiger partial charge in [-0.25, -0.2) is 4.99 Å². The Bertz CT molecular complexity index is 1450. The standard InChI is InChI=1S/C31H29N3O2S/c1-4-22-8-12-24(13-9-22)32-31-34(26-14-10-23(5-2)11-15-26)30(35)29(37-31)21-27-7-6-20-33(27)25-16-18-28(36-3)19-17-25/h6-21H,4-5H2,1-3H3/b29-21-,32-31?. The molecule has 1 amide bonds. The van der Waals surface area contributed by atoms with E-state index in [0.717, 1.165) is 41.3 Å². The van der Waals surface area contributed by atoms with E-state index in [1.165, 1.54) is 22.9 Å². The molecule has 4 aromatic rings. The molecule has 1 saturated heterocycles. The summed E-state index contributed by atoms with van der Waals surface area (Å²) in [4.78, 5) is 21.0. The molecule has 1 fully saturated rings. The van der Waals surface area contributed by atoms with Crippen LogP contribution in [-0.2, 0) is 17.6 Å². The highest BCUT2D eigenvalue weighted by atomic mass is 32.2. The van der Waals surface area contributed by atoms with Crippen LogP contribution in [0, 0.1) is 0 Å². The molecular weight excluding hydrogens is 478 g/mol. The van der Waals surface area contributed by atoms with Gasteiger partial charge in [-0.3, -0.25) is 9.69 Å². The summed E-state index contributed by atoms with van der Waals surface area (Å²) in [7, 11) is 1.66. The first-order chi connectivity index (χ1) is 18.1. The molecule has 1 aromatic heterocycles. The molecule has 0 atom stereocenters. The number of carbonyl (C=O) groups is 1. The van der Waals surface area contributed by atoms with Crippen molar-refractivity contribution >= 4 is 40.3 Å². The first-order valence-electron chi connectivity index (χ1n) is 12.4. The van der Waals surface area contributed by atoms with Crippen LogP contribution >= 0.6 is 11.8 Å². The zero-order valence-corrected chi connectivity index (χ0v) is 22.0. The van der Waals surface area contributed by atoms with E-state index in [4.69, 9.17) is 9.73 Å². The highest BCUT2D eigenvalue weighted by molar-refractivity contribution is 8.19. The van der Waals surface area contributed by atoms with Gasteiger partial charge in [-0.1, -0.05) is 38.1 Å². The van der Waals surface area contributed by atoms with Crippen molar-refractivity contribution in [1.29, 1.82) is 0 Å². The number of aromatic nitrogens is 1. The summed E-state index contributed by atoms with van der Waals surface area (Å²) in [5.74, 6) is 0.718. The summed E-state index contributed by atoms with van der Waals surface area (Å²) in [6.07, 6.45) is 5.85. The lowest BCUT2D eigenvalue weighted by Gasteiger charge is -2.16. The number of benzene rings is 3. The third-order valence-electron chi connectivity index (χ3n) is 6.39. The second-order valence-corrected chi connectivity index (χ2v) is 9.70. The Kier molecular flexibility index (Phi) is 7.28. The van der Waals surface area contributed by atoms with E-state index in [-0.39, 0.29) is 5.91 Å². The van der Waals surface area contributed by atoms with Crippen molar-refractivity contribution in [2.24, 2.45) is 4.99 Å². The van der Waals surface area contributed by atoms with Crippen LogP contribution in [0.3, 0.4) is 0 Å². The first-order valence-corrected chi connectivity index (χ1v) is 13.2. The average molecular weight is 508 g/mol. The van der Waals surface area contributed by atoms with Gasteiger partial charge in [0, 0.05) is 17.6 Å². The number of ether oxygens (including phenoxy) is 1. The van der Waals surface area contributed by atoms with E-state index in [0.29, 0.717) is 10.1 Å². The minimum atomic E-state index is -0.0827. The van der Waals surface area contributed by atoms with Crippen molar-refractivity contribution in [2.75, 3.05) is 12.0 Å². The summed E-state index contributed by atoms with van der Waals surface area (Å²) in [5, 5.41) is 0.646. The molecule has 5 nitrogen and oxygen atoms in total. The van der Waals surface area contributed by atoms with E-state index < -0.39 is 0 Å². The molecule has 0 aliphatic carbocycles. The van der Waals surface area contributed by atoms with Gasteiger partial charge in [0.1, 0.15) is 5.75 Å². The minimum Gasteiger partial charge on any atom is -0.497 e. The van der Waals surface area contributed by atoms with Crippen LogP contribution in [0.2, 0.25) is 0 Å². The Labute approximate surface area is 222 Å². The number of thioether (sulfide) groups is 1. The summed E-state index contributed by atoms with van der Waals surface area (Å²) >= 11 is 1.40. The Balaban J connectivity index is 1.53. The van der Waals surface area contributed by atoms with Gasteiger partial charge in [-0.15, -0.1) is 0 Å². The lowest BCUT2D eigenvalue weighted by atomic mass is 10.1. The highest BCUT2D eigenvalue weighted by Gasteiger charge is 2.35. The number of aryl methyl sites for hydroxylation is 2. The fourth-order valence-corrected chi connectivity index (χ4v) is 5.18. The molecule has 3 aromatic carbocycles. The van der Waals surface area contributed by atoms with Crippen molar-refractivity contribution in [1.82, 2.24) is 4.57 Å². The molecule has 186 valence electrons. The lowest BCUT2D eigenvalue weighted by molar-refractivity contribution is -0.113. The van der Waals surface area contributed by atoms with Crippen LogP contribution in [-0.4, -0.2) is 22.8 Å². The normalized spacial score (nSPS) is 15.6. The lowest BCUT2D eigenvalue weighted by Crippen LogP contribution is -2.28. The van der Waals surface area contributed by atoms with Crippen LogP contribution in [0.5, 0.6) is 5.75 Å². The van der Waals surface area contributed by atoms with E-state index in [1.807, 2.05) is 72.9 Å². The number of rotatable bonds is 7. The maximum absolute atomic E-state index is 13.7. The predicted molar refractivity (Wildman–Crippen MR) is 154 cm³/mol. The zero-order valence-electron chi connectivity index (χ0n) is 21.2. The summed E-state index contributed by atoms with van der Waals surface area (Å²) in [6.45, 7) is 4.25. The van der Waals surface area contributed by atoms with Crippen molar-refractivity contribution in [2.45, 2.75) is 26.7 Å². The molecule has 1 aliphatic rings. The van der Waals surface area contributed by atoms with Gasteiger partial charge >= 0.3 is 0 Å². The predicted octanol–water partition coefficient (Wildman–Crippen LogP) is 7.42. The Hall–Kier alpha value is -4.03. The van der Waals surface area contributed by atoms with Crippen molar-refractivity contribution < 1.29 is 9.53 Å². The number of amides is 1. The maximum Gasteiger partial charge on any atom is 0.271 e. The van der Waals surface area contributed by atoms with Gasteiger partial charge in [0.2, 0.25) is 0 Å². The molecular formula is C31H29N3O2S. The Morgan fingerprint density at radius 2 is 1.46 bits per heavy atom. The number of hydrogen-bond donors (Lipinski definition) is 0. The largest absolute Gasteiger partial charge is 0.497 e. The van der Waals surface area contributed by atoms with Crippen LogP contribution in [0.4, 0.5) is 11.4 Å². The molecule has 0 unspecified atom stereocenters. The van der Waals surface area contributed by atoms with Crippen LogP contribution in [0.1, 0.15) is 30.7 Å². The van der Waals surface area contributed by atoms with Crippen molar-refractivity contribution in [3.8, 4) is 11.4 Å². The zero-order chi connectivity index (χ0) is 25.8. The number of nitrogens with zero attached hydrogens (tertiary/aromatic N) is 3. The van der Waals surface area contributed by atoms with Gasteiger partial charge in [-0.05, 0) is 102 Å². The summed E-state index contributed by atoms with van der Waals surface area (Å²) in [5.41, 5.74) is 6.02. The summed E-state index contributed by atoms with van der Waals surface area (Å²) in [6, 6.07) is 28.1. The van der Waals surface area contributed by atoms with E-state index >= 15 is 0 Å². The molecule has 6 heteroatoms. The minimum absolute atomic E-state index is 0.0827. The molecule has 0 saturated carbocycles. The third-order valence-corrected chi connectivity index (χ3v) is 7.36. The number of methoxy groups -OCH3 is 1. The van der Waals surface area contributed by atoms with Crippen LogP contribution in [0.25, 0.3) is 11.8 Å². The monoisotopic (exact) mass is 507 g/mol. The van der Waals surface area contributed by atoms with Gasteiger partial charge in [0.25, 0.3) is 5.91 Å². The number of anilines is 1. The van der Waals surface area contributed by atoms with Crippen LogP contribution in [0.15, 0.2) is 101 Å². The SMILES string of the molecule is CCc1ccc(N=C2S/C(=C\c3cccn3-c3ccc(OC)cc3)C(=O)N2c2ccc(CC)cc2)cc1. The molecule has 1 aliphatic heterocycles. The van der Waals surface area contributed by atoms with Crippen molar-refractivity contribution in [3.05, 3.63) is 113 Å². The molecule has 2 heterocycles. The Morgan fingerprint density at radius 3 is 2.08 bits per heavy atom. The number of hydrogen-bond acceptors (Lipinski definition) is 4. The van der Waals surface area contributed by atoms with Gasteiger partial charge in [0.05, 0.1) is 23.4 Å². The van der Waals surface area contributed by atoms with Crippen molar-refractivity contribution in [3.63, 3.8) is 0 Å². The molecule has 0 spiro atoms. The third kappa shape index (κ3) is 5.25. The van der Waals surface area contributed by atoms with Gasteiger partial charge in [0.15, 0.2) is 5.17 Å². The summed E-state index contributed by atoms with van der Waals surface area (Å²) < 4.78 is 7.35. The number of carbonyl (C=O) groups excluding carboxylic acids is 1. The van der Waals surface area contributed by atoms with E-state index in [9.17, 15) is 4.79 Å². The van der Waals surface area contributed by atoms with Crippen LogP contribution < -0.4 is 9.64 Å². The molecule has 0 bridgehead atoms. The molecule has 0 radical (unpaired) electrons. The topological polar surface area (TPSA) is 46.8 Å². The molecule has 0 N–H and O–H groups in total. The number of aliphatic imine (C=N–C) groups is 1.